The van der Waals surface area contributed by atoms with E-state index in [-0.39, 0.29) is 22.4 Å². The van der Waals surface area contributed by atoms with Crippen LogP contribution in [0.3, 0.4) is 0 Å². The predicted molar refractivity (Wildman–Crippen MR) is 69.4 cm³/mol. The SMILES string of the molecule is Nc1c(CC(=O)[O-])cc(F)cc1C(=O)c1ccc(F)cc1. The van der Waals surface area contributed by atoms with E-state index in [4.69, 9.17) is 5.73 Å². The summed E-state index contributed by atoms with van der Waals surface area (Å²) in [6.07, 6.45) is -0.604. The molecule has 0 aliphatic heterocycles. The van der Waals surface area contributed by atoms with Crippen molar-refractivity contribution in [2.45, 2.75) is 6.42 Å². The van der Waals surface area contributed by atoms with Crippen molar-refractivity contribution in [3.8, 4) is 0 Å². The first-order valence-corrected chi connectivity index (χ1v) is 5.96. The molecule has 0 radical (unpaired) electrons. The van der Waals surface area contributed by atoms with Gasteiger partial charge in [-0.1, -0.05) is 0 Å². The largest absolute Gasteiger partial charge is 0.550 e. The maximum absolute atomic E-state index is 13.5. The second-order valence-corrected chi connectivity index (χ2v) is 4.41. The summed E-state index contributed by atoms with van der Waals surface area (Å²) in [4.78, 5) is 22.8. The van der Waals surface area contributed by atoms with Gasteiger partial charge in [0.15, 0.2) is 5.78 Å². The van der Waals surface area contributed by atoms with E-state index < -0.39 is 29.8 Å². The van der Waals surface area contributed by atoms with Crippen molar-refractivity contribution < 1.29 is 23.5 Å². The molecule has 0 heterocycles. The molecular formula is C15H10F2NO3-. The molecule has 0 fully saturated rings. The molecule has 2 aromatic rings. The van der Waals surface area contributed by atoms with Gasteiger partial charge in [-0.2, -0.15) is 0 Å². The van der Waals surface area contributed by atoms with Gasteiger partial charge in [-0.05, 0) is 42.0 Å². The minimum absolute atomic E-state index is 0.0412. The van der Waals surface area contributed by atoms with Gasteiger partial charge in [0.25, 0.3) is 0 Å². The van der Waals surface area contributed by atoms with E-state index in [1.165, 1.54) is 12.1 Å². The first kappa shape index (κ1) is 14.6. The van der Waals surface area contributed by atoms with Crippen molar-refractivity contribution in [1.29, 1.82) is 0 Å². The average molecular weight is 290 g/mol. The summed E-state index contributed by atoms with van der Waals surface area (Å²) in [5.74, 6) is -3.36. The molecule has 0 aliphatic carbocycles. The van der Waals surface area contributed by atoms with Crippen LogP contribution in [0.25, 0.3) is 0 Å². The number of carbonyl (C=O) groups excluding carboxylic acids is 2. The maximum Gasteiger partial charge on any atom is 0.195 e. The van der Waals surface area contributed by atoms with Crippen LogP contribution < -0.4 is 10.8 Å². The summed E-state index contributed by atoms with van der Waals surface area (Å²) in [6, 6.07) is 6.50. The Morgan fingerprint density at radius 2 is 1.67 bits per heavy atom. The molecule has 0 aromatic heterocycles. The summed E-state index contributed by atoms with van der Waals surface area (Å²) in [6.45, 7) is 0. The van der Waals surface area contributed by atoms with Gasteiger partial charge >= 0.3 is 0 Å². The average Bonchev–Trinajstić information content (AvgIpc) is 2.42. The zero-order valence-electron chi connectivity index (χ0n) is 10.7. The number of aliphatic carboxylic acids is 1. The zero-order valence-corrected chi connectivity index (χ0v) is 10.7. The molecule has 6 heteroatoms. The Balaban J connectivity index is 2.47. The van der Waals surface area contributed by atoms with E-state index in [2.05, 4.69) is 0 Å². The van der Waals surface area contributed by atoms with Crippen LogP contribution in [-0.2, 0) is 11.2 Å². The maximum atomic E-state index is 13.5. The molecule has 2 rings (SSSR count). The van der Waals surface area contributed by atoms with E-state index in [1.54, 1.807) is 0 Å². The summed E-state index contributed by atoms with van der Waals surface area (Å²) in [7, 11) is 0. The highest BCUT2D eigenvalue weighted by atomic mass is 19.1. The van der Waals surface area contributed by atoms with Gasteiger partial charge in [0.2, 0.25) is 0 Å². The van der Waals surface area contributed by atoms with Gasteiger partial charge in [0.1, 0.15) is 11.6 Å². The number of hydrogen-bond acceptors (Lipinski definition) is 4. The highest BCUT2D eigenvalue weighted by Crippen LogP contribution is 2.23. The molecule has 0 atom stereocenters. The Morgan fingerprint density at radius 1 is 1.05 bits per heavy atom. The molecule has 0 saturated carbocycles. The topological polar surface area (TPSA) is 83.2 Å². The molecule has 0 amide bonds. The summed E-state index contributed by atoms with van der Waals surface area (Å²) in [5.41, 5.74) is 5.49. The smallest absolute Gasteiger partial charge is 0.195 e. The predicted octanol–water partition coefficient (Wildman–Crippen LogP) is 1.07. The van der Waals surface area contributed by atoms with Crippen LogP contribution in [0.15, 0.2) is 36.4 Å². The van der Waals surface area contributed by atoms with E-state index in [0.717, 1.165) is 24.3 Å². The Morgan fingerprint density at radius 3 is 2.24 bits per heavy atom. The summed E-state index contributed by atoms with van der Waals surface area (Å²) >= 11 is 0. The fourth-order valence-electron chi connectivity index (χ4n) is 1.92. The number of halogens is 2. The van der Waals surface area contributed by atoms with Crippen molar-refractivity contribution in [2.75, 3.05) is 5.73 Å². The molecule has 0 spiro atoms. The Kier molecular flexibility index (Phi) is 3.98. The first-order valence-electron chi connectivity index (χ1n) is 5.96. The zero-order chi connectivity index (χ0) is 15.6. The van der Waals surface area contributed by atoms with Crippen molar-refractivity contribution >= 4 is 17.4 Å². The van der Waals surface area contributed by atoms with Gasteiger partial charge in [0, 0.05) is 29.2 Å². The fraction of sp³-hybridized carbons (Fsp3) is 0.0667. The minimum atomic E-state index is -1.44. The lowest BCUT2D eigenvalue weighted by atomic mass is 9.97. The van der Waals surface area contributed by atoms with Crippen molar-refractivity contribution in [2.24, 2.45) is 0 Å². The summed E-state index contributed by atoms with van der Waals surface area (Å²) < 4.78 is 26.4. The fourth-order valence-corrected chi connectivity index (χ4v) is 1.92. The Hall–Kier alpha value is -2.76. The van der Waals surface area contributed by atoms with E-state index >= 15 is 0 Å². The molecule has 0 unspecified atom stereocenters. The van der Waals surface area contributed by atoms with Crippen LogP contribution in [-0.4, -0.2) is 11.8 Å². The molecule has 0 aliphatic rings. The lowest BCUT2D eigenvalue weighted by molar-refractivity contribution is -0.304. The lowest BCUT2D eigenvalue weighted by Gasteiger charge is -2.11. The van der Waals surface area contributed by atoms with E-state index in [9.17, 15) is 23.5 Å². The third-order valence-corrected chi connectivity index (χ3v) is 2.92. The van der Waals surface area contributed by atoms with Crippen molar-refractivity contribution in [3.05, 3.63) is 64.7 Å². The van der Waals surface area contributed by atoms with Gasteiger partial charge in [-0.3, -0.25) is 4.79 Å². The van der Waals surface area contributed by atoms with Crippen LogP contribution in [0.2, 0.25) is 0 Å². The second-order valence-electron chi connectivity index (χ2n) is 4.41. The Bertz CT molecular complexity index is 712. The third kappa shape index (κ3) is 3.22. The third-order valence-electron chi connectivity index (χ3n) is 2.92. The lowest BCUT2D eigenvalue weighted by Crippen LogP contribution is -2.25. The number of carboxylic acid groups (broad SMARTS) is 1. The van der Waals surface area contributed by atoms with Gasteiger partial charge < -0.3 is 15.6 Å². The van der Waals surface area contributed by atoms with Crippen molar-refractivity contribution in [3.63, 3.8) is 0 Å². The van der Waals surface area contributed by atoms with Crippen LogP contribution in [0.5, 0.6) is 0 Å². The van der Waals surface area contributed by atoms with E-state index in [1.807, 2.05) is 0 Å². The highest BCUT2D eigenvalue weighted by Gasteiger charge is 2.17. The highest BCUT2D eigenvalue weighted by molar-refractivity contribution is 6.12. The molecule has 2 N–H and O–H groups in total. The quantitative estimate of drug-likeness (QED) is 0.674. The van der Waals surface area contributed by atoms with Crippen LogP contribution in [0, 0.1) is 11.6 Å². The number of carboxylic acids is 1. The number of ketones is 1. The molecule has 2 aromatic carbocycles. The number of benzene rings is 2. The van der Waals surface area contributed by atoms with Gasteiger partial charge in [-0.15, -0.1) is 0 Å². The Labute approximate surface area is 118 Å². The molecule has 108 valence electrons. The normalized spacial score (nSPS) is 10.4. The minimum Gasteiger partial charge on any atom is -0.550 e. The first-order chi connectivity index (χ1) is 9.88. The number of nitrogen functional groups attached to an aromatic ring is 1. The molecule has 4 nitrogen and oxygen atoms in total. The van der Waals surface area contributed by atoms with Gasteiger partial charge in [-0.25, -0.2) is 8.78 Å². The van der Waals surface area contributed by atoms with Gasteiger partial charge in [0.05, 0.1) is 0 Å². The standard InChI is InChI=1S/C15H11F2NO3/c16-10-3-1-8(2-4-10)15(21)12-7-11(17)5-9(14(12)18)6-13(19)20/h1-5,7H,6,18H2,(H,19,20)/p-1. The molecule has 0 saturated heterocycles. The molecular weight excluding hydrogens is 280 g/mol. The number of anilines is 1. The summed E-state index contributed by atoms with van der Waals surface area (Å²) in [5, 5.41) is 10.6. The van der Waals surface area contributed by atoms with Crippen molar-refractivity contribution in [1.82, 2.24) is 0 Å². The number of hydrogen-bond donors (Lipinski definition) is 1. The monoisotopic (exact) mass is 290 g/mol. The van der Waals surface area contributed by atoms with E-state index in [0.29, 0.717) is 0 Å². The molecule has 0 bridgehead atoms. The number of rotatable bonds is 4. The van der Waals surface area contributed by atoms with Crippen LogP contribution in [0.4, 0.5) is 14.5 Å². The number of carbonyl (C=O) groups is 2. The number of nitrogens with two attached hydrogens (primary N) is 1. The molecule has 21 heavy (non-hydrogen) atoms. The van der Waals surface area contributed by atoms with Crippen LogP contribution >= 0.6 is 0 Å². The second kappa shape index (κ2) is 5.70. The van der Waals surface area contributed by atoms with Crippen LogP contribution in [0.1, 0.15) is 21.5 Å².